The number of carbonyl (C=O) groups excluding carboxylic acids is 1. The lowest BCUT2D eigenvalue weighted by atomic mass is 9.98. The zero-order valence-corrected chi connectivity index (χ0v) is 19.1. The van der Waals surface area contributed by atoms with Gasteiger partial charge in [0.15, 0.2) is 0 Å². The predicted octanol–water partition coefficient (Wildman–Crippen LogP) is 4.98. The van der Waals surface area contributed by atoms with Crippen LogP contribution in [0.25, 0.3) is 0 Å². The minimum absolute atomic E-state index is 0.0614. The number of nitrogens with zero attached hydrogens (tertiary/aromatic N) is 1. The molecular weight excluding hydrogens is 465 g/mol. The summed E-state index contributed by atoms with van der Waals surface area (Å²) in [6.45, 7) is 3.38. The third-order valence-corrected chi connectivity index (χ3v) is 7.30. The van der Waals surface area contributed by atoms with Crippen LogP contribution in [0, 0.1) is 5.92 Å². The van der Waals surface area contributed by atoms with E-state index in [-0.39, 0.29) is 16.5 Å². The summed E-state index contributed by atoms with van der Waals surface area (Å²) in [6.07, 6.45) is -1.24. The van der Waals surface area contributed by atoms with Crippen LogP contribution in [0.15, 0.2) is 52.3 Å². The zero-order valence-electron chi connectivity index (χ0n) is 17.5. The van der Waals surface area contributed by atoms with E-state index in [1.165, 1.54) is 23.9 Å². The summed E-state index contributed by atoms with van der Waals surface area (Å²) in [5, 5.41) is 0. The van der Waals surface area contributed by atoms with Crippen LogP contribution in [0.2, 0.25) is 0 Å². The van der Waals surface area contributed by atoms with Crippen LogP contribution < -0.4 is 9.46 Å². The number of thioether (sulfide) groups is 1. The smallest absolute Gasteiger partial charge is 0.406 e. The second kappa shape index (κ2) is 9.62. The van der Waals surface area contributed by atoms with Crippen molar-refractivity contribution in [2.45, 2.75) is 35.9 Å². The molecule has 0 atom stereocenters. The van der Waals surface area contributed by atoms with Gasteiger partial charge in [0.25, 0.3) is 15.9 Å². The van der Waals surface area contributed by atoms with Crippen LogP contribution in [-0.2, 0) is 10.0 Å². The van der Waals surface area contributed by atoms with Gasteiger partial charge < -0.3 is 9.64 Å². The highest BCUT2D eigenvalue weighted by atomic mass is 32.2. The Morgan fingerprint density at radius 2 is 1.75 bits per heavy atom. The van der Waals surface area contributed by atoms with Crippen molar-refractivity contribution >= 4 is 33.4 Å². The molecule has 1 saturated heterocycles. The average molecular weight is 489 g/mol. The first-order chi connectivity index (χ1) is 15.0. The van der Waals surface area contributed by atoms with Crippen LogP contribution in [0.5, 0.6) is 5.75 Å². The lowest BCUT2D eigenvalue weighted by Gasteiger charge is -2.30. The Labute approximate surface area is 189 Å². The molecule has 0 radical (unpaired) electrons. The van der Waals surface area contributed by atoms with Gasteiger partial charge >= 0.3 is 6.36 Å². The van der Waals surface area contributed by atoms with Crippen molar-refractivity contribution in [2.24, 2.45) is 5.92 Å². The Kier molecular flexibility index (Phi) is 7.29. The molecule has 174 valence electrons. The van der Waals surface area contributed by atoms with Gasteiger partial charge in [0.05, 0.1) is 10.5 Å². The molecule has 6 nitrogen and oxygen atoms in total. The van der Waals surface area contributed by atoms with Gasteiger partial charge in [-0.05, 0) is 67.5 Å². The van der Waals surface area contributed by atoms with Crippen LogP contribution in [0.1, 0.15) is 30.1 Å². The van der Waals surface area contributed by atoms with Crippen LogP contribution in [-0.4, -0.2) is 44.9 Å². The van der Waals surface area contributed by atoms with E-state index >= 15 is 0 Å². The normalized spacial score (nSPS) is 15.5. The molecular formula is C21H23F3N2O4S2. The first-order valence-electron chi connectivity index (χ1n) is 9.84. The first kappa shape index (κ1) is 24.2. The van der Waals surface area contributed by atoms with Gasteiger partial charge in [-0.25, -0.2) is 8.42 Å². The van der Waals surface area contributed by atoms with Gasteiger partial charge in [-0.2, -0.15) is 0 Å². The largest absolute Gasteiger partial charge is 0.573 e. The third-order valence-electron chi connectivity index (χ3n) is 5.12. The molecule has 1 aliphatic rings. The van der Waals surface area contributed by atoms with E-state index in [0.717, 1.165) is 37.1 Å². The summed E-state index contributed by atoms with van der Waals surface area (Å²) in [5.74, 6) is -0.136. The van der Waals surface area contributed by atoms with Crippen molar-refractivity contribution < 1.29 is 31.1 Å². The van der Waals surface area contributed by atoms with Crippen LogP contribution in [0.4, 0.5) is 18.9 Å². The number of piperidine rings is 1. The molecule has 1 N–H and O–H groups in total. The molecule has 32 heavy (non-hydrogen) atoms. The summed E-state index contributed by atoms with van der Waals surface area (Å²) in [4.78, 5) is 15.4. The molecule has 1 amide bonds. The third kappa shape index (κ3) is 6.10. The molecule has 2 aromatic carbocycles. The van der Waals surface area contributed by atoms with Crippen molar-refractivity contribution in [1.82, 2.24) is 4.90 Å². The van der Waals surface area contributed by atoms with Gasteiger partial charge in [0.1, 0.15) is 5.75 Å². The zero-order chi connectivity index (χ0) is 23.5. The number of carbonyl (C=O) groups is 1. The standard InChI is InChI=1S/C21H23F3N2O4S2/c1-14-9-11-26(12-10-14)20(27)18-13-17(7-8-19(18)31-2)32(28,29)25-15-3-5-16(6-4-15)30-21(22,23)24/h3-8,13-14,25H,9-12H2,1-2H3. The number of hydrogen-bond acceptors (Lipinski definition) is 5. The number of hydrogen-bond donors (Lipinski definition) is 1. The Bertz CT molecular complexity index is 1070. The summed E-state index contributed by atoms with van der Waals surface area (Å²) in [5.41, 5.74) is 0.371. The Morgan fingerprint density at radius 1 is 1.12 bits per heavy atom. The van der Waals surface area contributed by atoms with Crippen molar-refractivity contribution in [3.8, 4) is 5.75 Å². The fourth-order valence-corrected chi connectivity index (χ4v) is 5.00. The van der Waals surface area contributed by atoms with E-state index in [2.05, 4.69) is 16.4 Å². The number of sulfonamides is 1. The molecule has 0 saturated carbocycles. The number of benzene rings is 2. The molecule has 0 aromatic heterocycles. The molecule has 3 rings (SSSR count). The van der Waals surface area contributed by atoms with Crippen molar-refractivity contribution in [3.05, 3.63) is 48.0 Å². The minimum atomic E-state index is -4.84. The quantitative estimate of drug-likeness (QED) is 0.581. The first-order valence-corrected chi connectivity index (χ1v) is 12.6. The summed E-state index contributed by atoms with van der Waals surface area (Å²) >= 11 is 1.35. The number of ether oxygens (including phenoxy) is 1. The molecule has 0 bridgehead atoms. The minimum Gasteiger partial charge on any atom is -0.406 e. The van der Waals surface area contributed by atoms with Gasteiger partial charge in [0, 0.05) is 23.7 Å². The second-order valence-electron chi connectivity index (χ2n) is 7.51. The van der Waals surface area contributed by atoms with Gasteiger partial charge in [-0.15, -0.1) is 24.9 Å². The highest BCUT2D eigenvalue weighted by Gasteiger charge is 2.31. The van der Waals surface area contributed by atoms with E-state index in [1.807, 2.05) is 0 Å². The number of likely N-dealkylation sites (tertiary alicyclic amines) is 1. The summed E-state index contributed by atoms with van der Waals surface area (Å²) in [6, 6.07) is 8.66. The van der Waals surface area contributed by atoms with E-state index in [9.17, 15) is 26.4 Å². The maximum absolute atomic E-state index is 13.1. The van der Waals surface area contributed by atoms with E-state index in [0.29, 0.717) is 29.5 Å². The van der Waals surface area contributed by atoms with Gasteiger partial charge in [-0.1, -0.05) is 6.92 Å². The highest BCUT2D eigenvalue weighted by Crippen LogP contribution is 2.29. The SMILES string of the molecule is CSc1ccc(S(=O)(=O)Nc2ccc(OC(F)(F)F)cc2)cc1C(=O)N1CCC(C)CC1. The molecule has 11 heteroatoms. The van der Waals surface area contributed by atoms with Crippen molar-refractivity contribution in [3.63, 3.8) is 0 Å². The molecule has 1 fully saturated rings. The maximum atomic E-state index is 13.1. The van der Waals surface area contributed by atoms with Gasteiger partial charge in [-0.3, -0.25) is 9.52 Å². The Morgan fingerprint density at radius 3 is 2.31 bits per heavy atom. The monoisotopic (exact) mass is 488 g/mol. The van der Waals surface area contributed by atoms with E-state index in [4.69, 9.17) is 0 Å². The van der Waals surface area contributed by atoms with E-state index < -0.39 is 22.1 Å². The topological polar surface area (TPSA) is 75.7 Å². The molecule has 1 aliphatic heterocycles. The molecule has 0 aliphatic carbocycles. The number of halogens is 3. The lowest BCUT2D eigenvalue weighted by Crippen LogP contribution is -2.38. The number of alkyl halides is 3. The predicted molar refractivity (Wildman–Crippen MR) is 116 cm³/mol. The van der Waals surface area contributed by atoms with Crippen LogP contribution in [0.3, 0.4) is 0 Å². The number of nitrogens with one attached hydrogen (secondary N) is 1. The highest BCUT2D eigenvalue weighted by molar-refractivity contribution is 7.98. The number of anilines is 1. The van der Waals surface area contributed by atoms with Crippen molar-refractivity contribution in [2.75, 3.05) is 24.1 Å². The lowest BCUT2D eigenvalue weighted by molar-refractivity contribution is -0.274. The fraction of sp³-hybridized carbons (Fsp3) is 0.381. The number of rotatable bonds is 6. The number of amides is 1. The Balaban J connectivity index is 1.82. The molecule has 0 unspecified atom stereocenters. The van der Waals surface area contributed by atoms with Crippen molar-refractivity contribution in [1.29, 1.82) is 0 Å². The molecule has 2 aromatic rings. The molecule has 1 heterocycles. The Hall–Kier alpha value is -2.40. The second-order valence-corrected chi connectivity index (χ2v) is 10.0. The molecule has 0 spiro atoms. The van der Waals surface area contributed by atoms with E-state index in [1.54, 1.807) is 17.2 Å². The fourth-order valence-electron chi connectivity index (χ4n) is 3.34. The average Bonchev–Trinajstić information content (AvgIpc) is 2.73. The van der Waals surface area contributed by atoms with Gasteiger partial charge in [0.2, 0.25) is 0 Å². The van der Waals surface area contributed by atoms with Crippen LogP contribution >= 0.6 is 11.8 Å². The summed E-state index contributed by atoms with van der Waals surface area (Å²) in [7, 11) is -4.07. The summed E-state index contributed by atoms with van der Waals surface area (Å²) < 4.78 is 68.7. The maximum Gasteiger partial charge on any atom is 0.573 e.